The predicted molar refractivity (Wildman–Crippen MR) is 84.9 cm³/mol. The molecule has 0 amide bonds. The highest BCUT2D eigenvalue weighted by Gasteiger charge is 2.15. The lowest BCUT2D eigenvalue weighted by Gasteiger charge is -2.19. The number of ether oxygens (including phenoxy) is 1. The second-order valence-corrected chi connectivity index (χ2v) is 5.37. The Bertz CT molecular complexity index is 363. The topological polar surface area (TPSA) is 32.7 Å². The van der Waals surface area contributed by atoms with E-state index in [1.807, 2.05) is 12.1 Å². The maximum atomic E-state index is 9.94. The van der Waals surface area contributed by atoms with Crippen molar-refractivity contribution in [2.45, 2.75) is 38.7 Å². The standard InChI is InChI=1S/C16H25NO2.ClH/c1-2-5-14-6-8-16(9-7-14)19-13-15(18)12-17-10-3-4-11-17;/h6-9,15,18H,2-5,10-13H2,1H3;1H. The van der Waals surface area contributed by atoms with E-state index in [0.29, 0.717) is 6.61 Å². The number of rotatable bonds is 7. The lowest BCUT2D eigenvalue weighted by atomic mass is 10.1. The largest absolute Gasteiger partial charge is 0.491 e. The Kier molecular flexibility index (Phi) is 7.97. The Morgan fingerprint density at radius 2 is 1.85 bits per heavy atom. The van der Waals surface area contributed by atoms with Gasteiger partial charge in [0.05, 0.1) is 0 Å². The first-order chi connectivity index (χ1) is 9.28. The number of benzene rings is 1. The summed E-state index contributed by atoms with van der Waals surface area (Å²) < 4.78 is 5.63. The van der Waals surface area contributed by atoms with Crippen molar-refractivity contribution in [3.05, 3.63) is 29.8 Å². The SMILES string of the molecule is CCCc1ccc(OCC(O)CN2CCCC2)cc1.Cl. The number of nitrogens with zero attached hydrogens (tertiary/aromatic N) is 1. The van der Waals surface area contributed by atoms with Gasteiger partial charge in [-0.2, -0.15) is 0 Å². The van der Waals surface area contributed by atoms with Gasteiger partial charge >= 0.3 is 0 Å². The summed E-state index contributed by atoms with van der Waals surface area (Å²) in [4.78, 5) is 2.30. The molecule has 0 radical (unpaired) electrons. The van der Waals surface area contributed by atoms with Crippen LogP contribution in [0.3, 0.4) is 0 Å². The van der Waals surface area contributed by atoms with Crippen molar-refractivity contribution < 1.29 is 9.84 Å². The second-order valence-electron chi connectivity index (χ2n) is 5.37. The van der Waals surface area contributed by atoms with Gasteiger partial charge in [-0.3, -0.25) is 0 Å². The molecule has 0 bridgehead atoms. The van der Waals surface area contributed by atoms with Gasteiger partial charge in [-0.25, -0.2) is 0 Å². The molecule has 0 aromatic heterocycles. The molecule has 1 aromatic rings. The Balaban J connectivity index is 0.00000200. The van der Waals surface area contributed by atoms with Crippen LogP contribution >= 0.6 is 12.4 Å². The van der Waals surface area contributed by atoms with Crippen LogP contribution in [0.25, 0.3) is 0 Å². The van der Waals surface area contributed by atoms with Crippen LogP contribution in [0.1, 0.15) is 31.7 Å². The van der Waals surface area contributed by atoms with Gasteiger partial charge in [0, 0.05) is 6.54 Å². The highest BCUT2D eigenvalue weighted by molar-refractivity contribution is 5.85. The van der Waals surface area contributed by atoms with Crippen LogP contribution < -0.4 is 4.74 Å². The van der Waals surface area contributed by atoms with Crippen molar-refractivity contribution in [2.24, 2.45) is 0 Å². The maximum Gasteiger partial charge on any atom is 0.119 e. The first-order valence-corrected chi connectivity index (χ1v) is 7.40. The molecular weight excluding hydrogens is 274 g/mol. The molecule has 1 unspecified atom stereocenters. The Hall–Kier alpha value is -0.770. The zero-order valence-corrected chi connectivity index (χ0v) is 13.1. The molecule has 0 aliphatic carbocycles. The van der Waals surface area contributed by atoms with Crippen molar-refractivity contribution >= 4 is 12.4 Å². The fourth-order valence-electron chi connectivity index (χ4n) is 2.55. The van der Waals surface area contributed by atoms with E-state index in [1.54, 1.807) is 0 Å². The normalized spacial score (nSPS) is 16.7. The summed E-state index contributed by atoms with van der Waals surface area (Å²) in [5.41, 5.74) is 1.34. The molecule has 1 aliphatic rings. The predicted octanol–water partition coefficient (Wildman–Crippen LogP) is 2.90. The highest BCUT2D eigenvalue weighted by Crippen LogP contribution is 2.14. The van der Waals surface area contributed by atoms with E-state index < -0.39 is 6.10 Å². The van der Waals surface area contributed by atoms with Gasteiger partial charge in [-0.15, -0.1) is 12.4 Å². The average molecular weight is 300 g/mol. The zero-order valence-electron chi connectivity index (χ0n) is 12.3. The van der Waals surface area contributed by atoms with E-state index >= 15 is 0 Å². The number of halogens is 1. The lowest BCUT2D eigenvalue weighted by molar-refractivity contribution is 0.0758. The Labute approximate surface area is 128 Å². The molecule has 1 fully saturated rings. The molecule has 1 aliphatic heterocycles. The Morgan fingerprint density at radius 3 is 2.45 bits per heavy atom. The minimum Gasteiger partial charge on any atom is -0.491 e. The lowest BCUT2D eigenvalue weighted by Crippen LogP contribution is -2.33. The van der Waals surface area contributed by atoms with Gasteiger partial charge < -0.3 is 14.7 Å². The summed E-state index contributed by atoms with van der Waals surface area (Å²) in [5.74, 6) is 0.848. The fraction of sp³-hybridized carbons (Fsp3) is 0.625. The molecule has 0 saturated carbocycles. The van der Waals surface area contributed by atoms with Gasteiger partial charge in [0.2, 0.25) is 0 Å². The van der Waals surface area contributed by atoms with Crippen molar-refractivity contribution in [3.8, 4) is 5.75 Å². The molecule has 1 saturated heterocycles. The van der Waals surface area contributed by atoms with E-state index in [1.165, 1.54) is 18.4 Å². The van der Waals surface area contributed by atoms with Crippen molar-refractivity contribution in [2.75, 3.05) is 26.2 Å². The molecule has 1 atom stereocenters. The number of hydrogen-bond acceptors (Lipinski definition) is 3. The second kappa shape index (κ2) is 9.22. The first kappa shape index (κ1) is 17.3. The molecule has 4 heteroatoms. The van der Waals surface area contributed by atoms with Gasteiger partial charge in [0.1, 0.15) is 18.5 Å². The summed E-state index contributed by atoms with van der Waals surface area (Å²) in [6.45, 7) is 5.52. The number of aliphatic hydroxyl groups is 1. The number of β-amino-alcohol motifs (C(OH)–C–C–N with tert-alkyl or cyclic N) is 1. The minimum atomic E-state index is -0.395. The third kappa shape index (κ3) is 5.70. The number of likely N-dealkylation sites (tertiary alicyclic amines) is 1. The summed E-state index contributed by atoms with van der Waals surface area (Å²) in [6, 6.07) is 8.19. The van der Waals surface area contributed by atoms with Crippen molar-refractivity contribution in [1.29, 1.82) is 0 Å². The molecule has 20 heavy (non-hydrogen) atoms. The van der Waals surface area contributed by atoms with Crippen LogP contribution in [0.4, 0.5) is 0 Å². The van der Waals surface area contributed by atoms with E-state index in [9.17, 15) is 5.11 Å². The van der Waals surface area contributed by atoms with E-state index in [2.05, 4.69) is 24.0 Å². The molecule has 114 valence electrons. The monoisotopic (exact) mass is 299 g/mol. The molecule has 1 aromatic carbocycles. The molecular formula is C16H26ClNO2. The molecule has 0 spiro atoms. The van der Waals surface area contributed by atoms with Crippen LogP contribution in [0.2, 0.25) is 0 Å². The molecule has 3 nitrogen and oxygen atoms in total. The fourth-order valence-corrected chi connectivity index (χ4v) is 2.55. The van der Waals surface area contributed by atoms with Crippen LogP contribution in [0, 0.1) is 0 Å². The average Bonchev–Trinajstić information content (AvgIpc) is 2.91. The number of aryl methyl sites for hydroxylation is 1. The Morgan fingerprint density at radius 1 is 1.20 bits per heavy atom. The maximum absolute atomic E-state index is 9.94. The van der Waals surface area contributed by atoms with E-state index in [-0.39, 0.29) is 12.4 Å². The first-order valence-electron chi connectivity index (χ1n) is 7.40. The summed E-state index contributed by atoms with van der Waals surface area (Å²) in [6.07, 6.45) is 4.39. The third-order valence-electron chi connectivity index (χ3n) is 3.57. The quantitative estimate of drug-likeness (QED) is 0.840. The van der Waals surface area contributed by atoms with Gasteiger partial charge in [-0.05, 0) is 50.0 Å². The third-order valence-corrected chi connectivity index (χ3v) is 3.57. The molecule has 1 heterocycles. The molecule has 2 rings (SSSR count). The smallest absolute Gasteiger partial charge is 0.119 e. The molecule has 1 N–H and O–H groups in total. The van der Waals surface area contributed by atoms with Gasteiger partial charge in [-0.1, -0.05) is 25.5 Å². The highest BCUT2D eigenvalue weighted by atomic mass is 35.5. The van der Waals surface area contributed by atoms with E-state index in [0.717, 1.165) is 38.2 Å². The summed E-state index contributed by atoms with van der Waals surface area (Å²) >= 11 is 0. The zero-order chi connectivity index (χ0) is 13.5. The van der Waals surface area contributed by atoms with Crippen LogP contribution in [0.5, 0.6) is 5.75 Å². The number of aliphatic hydroxyl groups excluding tert-OH is 1. The van der Waals surface area contributed by atoms with Crippen molar-refractivity contribution in [3.63, 3.8) is 0 Å². The van der Waals surface area contributed by atoms with Crippen molar-refractivity contribution in [1.82, 2.24) is 4.90 Å². The van der Waals surface area contributed by atoms with Crippen LogP contribution in [0.15, 0.2) is 24.3 Å². The summed E-state index contributed by atoms with van der Waals surface area (Å²) in [7, 11) is 0. The minimum absolute atomic E-state index is 0. The van der Waals surface area contributed by atoms with Crippen LogP contribution in [-0.2, 0) is 6.42 Å². The van der Waals surface area contributed by atoms with Gasteiger partial charge in [0.15, 0.2) is 0 Å². The van der Waals surface area contributed by atoms with Gasteiger partial charge in [0.25, 0.3) is 0 Å². The number of hydrogen-bond donors (Lipinski definition) is 1. The van der Waals surface area contributed by atoms with Crippen LogP contribution in [-0.4, -0.2) is 42.4 Å². The summed E-state index contributed by atoms with van der Waals surface area (Å²) in [5, 5.41) is 9.94. The van der Waals surface area contributed by atoms with E-state index in [4.69, 9.17) is 4.74 Å².